The molecule has 7 nitrogen and oxygen atoms in total. The van der Waals surface area contributed by atoms with Gasteiger partial charge in [-0.15, -0.1) is 5.10 Å². The Bertz CT molecular complexity index is 1290. The normalized spacial score (nSPS) is 14.8. The van der Waals surface area contributed by atoms with Crippen molar-refractivity contribution in [3.05, 3.63) is 77.6 Å². The second-order valence-corrected chi connectivity index (χ2v) is 7.96. The van der Waals surface area contributed by atoms with Gasteiger partial charge in [-0.3, -0.25) is 9.78 Å². The third kappa shape index (κ3) is 3.62. The van der Waals surface area contributed by atoms with Crippen molar-refractivity contribution < 1.29 is 4.79 Å². The van der Waals surface area contributed by atoms with Crippen molar-refractivity contribution in [3.63, 3.8) is 0 Å². The van der Waals surface area contributed by atoms with E-state index in [4.69, 9.17) is 4.98 Å². The summed E-state index contributed by atoms with van der Waals surface area (Å²) in [5.74, 6) is 1.30. The molecule has 2 N–H and O–H groups in total. The summed E-state index contributed by atoms with van der Waals surface area (Å²) in [6.45, 7) is 6.68. The largest absolute Gasteiger partial charge is 0.345 e. The molecular weight excluding hydrogens is 400 g/mol. The first kappa shape index (κ1) is 19.9. The third-order valence-corrected chi connectivity index (χ3v) is 5.73. The topological polar surface area (TPSA) is 84.7 Å². The van der Waals surface area contributed by atoms with Gasteiger partial charge in [0, 0.05) is 40.8 Å². The summed E-state index contributed by atoms with van der Waals surface area (Å²) in [5.41, 5.74) is 6.72. The van der Waals surface area contributed by atoms with Gasteiger partial charge in [0.05, 0.1) is 6.04 Å². The number of carbonyl (C=O) groups is 1. The third-order valence-electron chi connectivity index (χ3n) is 5.73. The molecular formula is C25H24N6O. The highest BCUT2D eigenvalue weighted by Gasteiger charge is 2.25. The highest BCUT2D eigenvalue weighted by atomic mass is 16.2. The van der Waals surface area contributed by atoms with Gasteiger partial charge in [-0.25, -0.2) is 4.68 Å². The van der Waals surface area contributed by atoms with Gasteiger partial charge >= 0.3 is 0 Å². The number of benzene rings is 2. The fourth-order valence-corrected chi connectivity index (χ4v) is 3.91. The number of hydrogen-bond donors (Lipinski definition) is 2. The Balaban J connectivity index is 1.41. The van der Waals surface area contributed by atoms with E-state index < -0.39 is 0 Å². The summed E-state index contributed by atoms with van der Waals surface area (Å²) in [7, 11) is 0. The number of amides is 1. The number of hydrogen-bond acceptors (Lipinski definition) is 5. The predicted octanol–water partition coefficient (Wildman–Crippen LogP) is 4.88. The van der Waals surface area contributed by atoms with E-state index in [9.17, 15) is 4.79 Å². The van der Waals surface area contributed by atoms with Crippen LogP contribution in [0, 0.1) is 6.92 Å². The van der Waals surface area contributed by atoms with Crippen molar-refractivity contribution >= 4 is 17.5 Å². The maximum atomic E-state index is 12.0. The standard InChI is InChI=1S/C25H24N6O/c1-4-31-25(28-20-11-12-21-22(13-20)16(3)27-24(21)32)29-23(30-31)18-9-7-17(8-10-18)19-6-5-15(2)26-14-19/h5-14,16H,4H2,1-3H3,(H,27,32)(H,28,29,30). The van der Waals surface area contributed by atoms with Gasteiger partial charge in [0.1, 0.15) is 0 Å². The molecule has 5 rings (SSSR count). The van der Waals surface area contributed by atoms with Gasteiger partial charge in [-0.05, 0) is 56.2 Å². The molecule has 0 saturated heterocycles. The number of aryl methyl sites for hydroxylation is 2. The van der Waals surface area contributed by atoms with Crippen molar-refractivity contribution in [2.24, 2.45) is 0 Å². The number of aromatic nitrogens is 4. The highest BCUT2D eigenvalue weighted by Crippen LogP contribution is 2.29. The molecule has 7 heteroatoms. The first-order valence-corrected chi connectivity index (χ1v) is 10.7. The first-order chi connectivity index (χ1) is 15.5. The minimum atomic E-state index is -0.0251. The first-order valence-electron chi connectivity index (χ1n) is 10.7. The molecule has 1 aliphatic rings. The Labute approximate surface area is 186 Å². The Morgan fingerprint density at radius 3 is 2.50 bits per heavy atom. The van der Waals surface area contributed by atoms with Crippen LogP contribution in [0.15, 0.2) is 60.8 Å². The van der Waals surface area contributed by atoms with Gasteiger partial charge in [0.2, 0.25) is 5.95 Å². The molecule has 2 aromatic carbocycles. The van der Waals surface area contributed by atoms with Crippen molar-refractivity contribution in [1.82, 2.24) is 25.1 Å². The molecule has 0 aliphatic carbocycles. The molecule has 0 saturated carbocycles. The molecule has 0 radical (unpaired) electrons. The van der Waals surface area contributed by atoms with Gasteiger partial charge in [0.25, 0.3) is 5.91 Å². The Kier molecular flexibility index (Phi) is 4.93. The number of pyridine rings is 1. The van der Waals surface area contributed by atoms with Gasteiger partial charge < -0.3 is 10.6 Å². The van der Waals surface area contributed by atoms with E-state index in [-0.39, 0.29) is 11.9 Å². The summed E-state index contributed by atoms with van der Waals surface area (Å²) in [6.07, 6.45) is 1.89. The van der Waals surface area contributed by atoms with E-state index in [1.165, 1.54) is 0 Å². The summed E-state index contributed by atoms with van der Waals surface area (Å²) in [4.78, 5) is 21.1. The van der Waals surface area contributed by atoms with Crippen LogP contribution in [0.5, 0.6) is 0 Å². The number of nitrogens with zero attached hydrogens (tertiary/aromatic N) is 4. The summed E-state index contributed by atoms with van der Waals surface area (Å²) in [5, 5.41) is 11.0. The predicted molar refractivity (Wildman–Crippen MR) is 125 cm³/mol. The molecule has 4 aromatic rings. The molecule has 0 bridgehead atoms. The van der Waals surface area contributed by atoms with E-state index in [1.54, 1.807) is 0 Å². The molecule has 0 fully saturated rings. The Morgan fingerprint density at radius 1 is 1.03 bits per heavy atom. The van der Waals surface area contributed by atoms with Crippen LogP contribution < -0.4 is 10.6 Å². The Hall–Kier alpha value is -4.00. The molecule has 1 aliphatic heterocycles. The van der Waals surface area contributed by atoms with Gasteiger partial charge in [-0.2, -0.15) is 4.98 Å². The van der Waals surface area contributed by atoms with Crippen molar-refractivity contribution in [2.75, 3.05) is 5.32 Å². The van der Waals surface area contributed by atoms with Crippen LogP contribution in [0.25, 0.3) is 22.5 Å². The van der Waals surface area contributed by atoms with Crippen molar-refractivity contribution in [3.8, 4) is 22.5 Å². The zero-order valence-electron chi connectivity index (χ0n) is 18.3. The smallest absolute Gasteiger partial charge is 0.252 e. The molecule has 0 spiro atoms. The zero-order chi connectivity index (χ0) is 22.2. The van der Waals surface area contributed by atoms with E-state index in [2.05, 4.69) is 38.9 Å². The van der Waals surface area contributed by atoms with E-state index >= 15 is 0 Å². The molecule has 32 heavy (non-hydrogen) atoms. The SMILES string of the molecule is CCn1nc(-c2ccc(-c3ccc(C)nc3)cc2)nc1Nc1ccc2c(c1)C(C)NC2=O. The van der Waals surface area contributed by atoms with Crippen LogP contribution in [0.1, 0.15) is 41.5 Å². The summed E-state index contributed by atoms with van der Waals surface area (Å²) in [6, 6.07) is 18.0. The lowest BCUT2D eigenvalue weighted by Gasteiger charge is -2.09. The maximum Gasteiger partial charge on any atom is 0.252 e. The van der Waals surface area contributed by atoms with Crippen LogP contribution in [-0.2, 0) is 6.54 Å². The van der Waals surface area contributed by atoms with E-state index in [1.807, 2.05) is 68.0 Å². The lowest BCUT2D eigenvalue weighted by Crippen LogP contribution is -2.16. The Morgan fingerprint density at radius 2 is 1.78 bits per heavy atom. The average molecular weight is 425 g/mol. The lowest BCUT2D eigenvalue weighted by atomic mass is 10.1. The number of rotatable bonds is 5. The number of nitrogens with one attached hydrogen (secondary N) is 2. The monoisotopic (exact) mass is 424 g/mol. The fourth-order valence-electron chi connectivity index (χ4n) is 3.91. The van der Waals surface area contributed by atoms with Crippen LogP contribution >= 0.6 is 0 Å². The second kappa shape index (κ2) is 7.92. The molecule has 160 valence electrons. The number of anilines is 2. The molecule has 1 atom stereocenters. The quantitative estimate of drug-likeness (QED) is 0.477. The number of fused-ring (bicyclic) bond motifs is 1. The van der Waals surface area contributed by atoms with Gasteiger partial charge in [0.15, 0.2) is 5.82 Å². The lowest BCUT2D eigenvalue weighted by molar-refractivity contribution is 0.0958. The molecule has 1 unspecified atom stereocenters. The highest BCUT2D eigenvalue weighted by molar-refractivity contribution is 5.99. The van der Waals surface area contributed by atoms with Crippen molar-refractivity contribution in [2.45, 2.75) is 33.4 Å². The summed E-state index contributed by atoms with van der Waals surface area (Å²) >= 11 is 0. The fraction of sp³-hybridized carbons (Fsp3) is 0.200. The van der Waals surface area contributed by atoms with E-state index in [0.29, 0.717) is 18.3 Å². The minimum Gasteiger partial charge on any atom is -0.345 e. The van der Waals surface area contributed by atoms with Gasteiger partial charge in [-0.1, -0.05) is 30.3 Å². The molecule has 2 aromatic heterocycles. The van der Waals surface area contributed by atoms with Crippen molar-refractivity contribution in [1.29, 1.82) is 0 Å². The minimum absolute atomic E-state index is 0.00102. The summed E-state index contributed by atoms with van der Waals surface area (Å²) < 4.78 is 1.84. The van der Waals surface area contributed by atoms with Crippen LogP contribution in [0.2, 0.25) is 0 Å². The molecule has 3 heterocycles. The number of carbonyl (C=O) groups excluding carboxylic acids is 1. The van der Waals surface area contributed by atoms with Crippen LogP contribution in [0.4, 0.5) is 11.6 Å². The van der Waals surface area contributed by atoms with E-state index in [0.717, 1.165) is 39.2 Å². The zero-order valence-corrected chi connectivity index (χ0v) is 18.3. The average Bonchev–Trinajstić information content (AvgIpc) is 3.34. The van der Waals surface area contributed by atoms with Crippen LogP contribution in [0.3, 0.4) is 0 Å². The second-order valence-electron chi connectivity index (χ2n) is 7.96. The maximum absolute atomic E-state index is 12.0. The van der Waals surface area contributed by atoms with Crippen LogP contribution in [-0.4, -0.2) is 25.7 Å². The molecule has 1 amide bonds.